The average molecular weight is 343 g/mol. The lowest BCUT2D eigenvalue weighted by Crippen LogP contribution is -2.42. The summed E-state index contributed by atoms with van der Waals surface area (Å²) in [5, 5.41) is 14.8. The van der Waals surface area contributed by atoms with E-state index in [9.17, 15) is 14.7 Å². The first-order valence-electron chi connectivity index (χ1n) is 7.89. The number of anilines is 1. The van der Waals surface area contributed by atoms with Crippen molar-refractivity contribution in [3.05, 3.63) is 54.2 Å². The number of alkyl carbamates (subject to hydrolysis) is 1. The number of carbonyl (C=O) groups is 2. The number of hydrogen-bond acceptors (Lipinski definition) is 5. The number of nitrogens with one attached hydrogen (secondary N) is 2. The lowest BCUT2D eigenvalue weighted by molar-refractivity contribution is -0.120. The van der Waals surface area contributed by atoms with Crippen molar-refractivity contribution in [1.29, 1.82) is 0 Å². The Morgan fingerprint density at radius 1 is 1.16 bits per heavy atom. The summed E-state index contributed by atoms with van der Waals surface area (Å²) in [6.45, 7) is 3.52. The summed E-state index contributed by atoms with van der Waals surface area (Å²) in [5.41, 5.74) is 0.877. The summed E-state index contributed by atoms with van der Waals surface area (Å²) in [6.07, 6.45) is 0.861. The molecule has 0 fully saturated rings. The van der Waals surface area contributed by atoms with Crippen molar-refractivity contribution >= 4 is 17.8 Å². The molecule has 2 atom stereocenters. The minimum absolute atomic E-state index is 0.0817. The molecule has 0 aliphatic heterocycles. The van der Waals surface area contributed by atoms with Gasteiger partial charge < -0.3 is 20.5 Å². The van der Waals surface area contributed by atoms with E-state index in [0.29, 0.717) is 0 Å². The molecule has 0 saturated heterocycles. The van der Waals surface area contributed by atoms with E-state index in [1.54, 1.807) is 19.9 Å². The summed E-state index contributed by atoms with van der Waals surface area (Å²) >= 11 is 0. The van der Waals surface area contributed by atoms with Gasteiger partial charge in [-0.1, -0.05) is 37.3 Å². The standard InChI is InChI=1S/C18H21N3O4/c1-12(17(23)21-16-15(22)9-6-10-19-16)13(2)20-18(24)25-11-14-7-4-3-5-8-14/h3-10,12-13,22H,11H2,1-2H3,(H,20,24)(H,19,21,23). The Morgan fingerprint density at radius 2 is 1.88 bits per heavy atom. The Morgan fingerprint density at radius 3 is 2.56 bits per heavy atom. The highest BCUT2D eigenvalue weighted by atomic mass is 16.5. The number of aromatic hydroxyl groups is 1. The van der Waals surface area contributed by atoms with Crippen LogP contribution in [0.25, 0.3) is 0 Å². The maximum Gasteiger partial charge on any atom is 0.407 e. The summed E-state index contributed by atoms with van der Waals surface area (Å²) in [4.78, 5) is 28.0. The molecule has 0 aliphatic carbocycles. The summed E-state index contributed by atoms with van der Waals surface area (Å²) in [5.74, 6) is -0.959. The second-order valence-electron chi connectivity index (χ2n) is 5.64. The normalized spacial score (nSPS) is 12.7. The van der Waals surface area contributed by atoms with Crippen molar-refractivity contribution < 1.29 is 19.4 Å². The minimum Gasteiger partial charge on any atom is -0.504 e. The molecule has 1 aromatic carbocycles. The smallest absolute Gasteiger partial charge is 0.407 e. The average Bonchev–Trinajstić information content (AvgIpc) is 2.62. The third kappa shape index (κ3) is 5.49. The SMILES string of the molecule is CC(NC(=O)OCc1ccccc1)C(C)C(=O)Nc1ncccc1O. The van der Waals surface area contributed by atoms with Crippen molar-refractivity contribution in [2.75, 3.05) is 5.32 Å². The molecule has 7 nitrogen and oxygen atoms in total. The first-order valence-corrected chi connectivity index (χ1v) is 7.89. The number of pyridine rings is 1. The quantitative estimate of drug-likeness (QED) is 0.749. The molecule has 3 N–H and O–H groups in total. The molecule has 2 amide bonds. The zero-order chi connectivity index (χ0) is 18.2. The second kappa shape index (κ2) is 8.68. The van der Waals surface area contributed by atoms with E-state index in [1.165, 1.54) is 12.3 Å². The van der Waals surface area contributed by atoms with Crippen LogP contribution in [-0.2, 0) is 16.1 Å². The number of rotatable bonds is 6. The number of aromatic nitrogens is 1. The van der Waals surface area contributed by atoms with Crippen molar-refractivity contribution in [2.24, 2.45) is 5.92 Å². The van der Waals surface area contributed by atoms with Crippen LogP contribution in [0.4, 0.5) is 10.6 Å². The molecule has 0 saturated carbocycles. The highest BCUT2D eigenvalue weighted by Crippen LogP contribution is 2.19. The third-order valence-corrected chi connectivity index (χ3v) is 3.75. The predicted molar refractivity (Wildman–Crippen MR) is 92.9 cm³/mol. The number of amides is 2. The van der Waals surface area contributed by atoms with E-state index in [4.69, 9.17) is 4.74 Å². The molecular formula is C18H21N3O4. The van der Waals surface area contributed by atoms with Crippen LogP contribution in [0.1, 0.15) is 19.4 Å². The van der Waals surface area contributed by atoms with Gasteiger partial charge in [-0.25, -0.2) is 9.78 Å². The Hall–Kier alpha value is -3.09. The van der Waals surface area contributed by atoms with Crippen molar-refractivity contribution in [2.45, 2.75) is 26.5 Å². The Balaban J connectivity index is 1.82. The van der Waals surface area contributed by atoms with E-state index < -0.39 is 18.1 Å². The van der Waals surface area contributed by atoms with Gasteiger partial charge in [0.05, 0.1) is 5.92 Å². The molecule has 2 aromatic rings. The number of ether oxygens (including phenoxy) is 1. The highest BCUT2D eigenvalue weighted by molar-refractivity contribution is 5.93. The maximum atomic E-state index is 12.2. The Bertz CT molecular complexity index is 721. The van der Waals surface area contributed by atoms with E-state index in [2.05, 4.69) is 15.6 Å². The molecule has 2 unspecified atom stereocenters. The largest absolute Gasteiger partial charge is 0.504 e. The van der Waals surface area contributed by atoms with Crippen LogP contribution in [-0.4, -0.2) is 28.1 Å². The first kappa shape index (κ1) is 18.3. The number of benzene rings is 1. The second-order valence-corrected chi connectivity index (χ2v) is 5.64. The van der Waals surface area contributed by atoms with Crippen LogP contribution >= 0.6 is 0 Å². The van der Waals surface area contributed by atoms with E-state index in [1.807, 2.05) is 30.3 Å². The topological polar surface area (TPSA) is 101 Å². The van der Waals surface area contributed by atoms with E-state index in [-0.39, 0.29) is 24.1 Å². The molecule has 1 aromatic heterocycles. The summed E-state index contributed by atoms with van der Waals surface area (Å²) in [7, 11) is 0. The zero-order valence-corrected chi connectivity index (χ0v) is 14.1. The van der Waals surface area contributed by atoms with Crippen LogP contribution in [0.3, 0.4) is 0 Å². The molecule has 1 heterocycles. The molecule has 2 rings (SSSR count). The number of nitrogens with zero attached hydrogens (tertiary/aromatic N) is 1. The first-order chi connectivity index (χ1) is 12.0. The van der Waals surface area contributed by atoms with Gasteiger partial charge in [0.25, 0.3) is 0 Å². The van der Waals surface area contributed by atoms with Gasteiger partial charge in [0, 0.05) is 12.2 Å². The van der Waals surface area contributed by atoms with Gasteiger partial charge in [-0.15, -0.1) is 0 Å². The highest BCUT2D eigenvalue weighted by Gasteiger charge is 2.23. The van der Waals surface area contributed by atoms with Gasteiger partial charge in [-0.3, -0.25) is 4.79 Å². The maximum absolute atomic E-state index is 12.2. The van der Waals surface area contributed by atoms with E-state index >= 15 is 0 Å². The lowest BCUT2D eigenvalue weighted by Gasteiger charge is -2.20. The van der Waals surface area contributed by atoms with Crippen LogP contribution in [0.15, 0.2) is 48.7 Å². The molecule has 7 heteroatoms. The minimum atomic E-state index is -0.600. The van der Waals surface area contributed by atoms with Crippen LogP contribution < -0.4 is 10.6 Å². The Labute approximate surface area is 146 Å². The molecule has 132 valence electrons. The van der Waals surface area contributed by atoms with Gasteiger partial charge in [-0.05, 0) is 24.6 Å². The third-order valence-electron chi connectivity index (χ3n) is 3.75. The summed E-state index contributed by atoms with van der Waals surface area (Å²) < 4.78 is 5.13. The van der Waals surface area contributed by atoms with Crippen LogP contribution in [0.2, 0.25) is 0 Å². The summed E-state index contributed by atoms with van der Waals surface area (Å²) in [6, 6.07) is 11.8. The Kier molecular flexibility index (Phi) is 6.33. The number of hydrogen-bond donors (Lipinski definition) is 3. The number of carbonyl (C=O) groups excluding carboxylic acids is 2. The monoisotopic (exact) mass is 343 g/mol. The molecule has 0 bridgehead atoms. The zero-order valence-electron chi connectivity index (χ0n) is 14.1. The fourth-order valence-corrected chi connectivity index (χ4v) is 2.03. The predicted octanol–water partition coefficient (Wildman–Crippen LogP) is 2.68. The van der Waals surface area contributed by atoms with Gasteiger partial charge in [0.1, 0.15) is 6.61 Å². The van der Waals surface area contributed by atoms with Gasteiger partial charge in [0.2, 0.25) is 5.91 Å². The molecule has 0 spiro atoms. The van der Waals surface area contributed by atoms with Gasteiger partial charge in [0.15, 0.2) is 11.6 Å². The van der Waals surface area contributed by atoms with Crippen molar-refractivity contribution in [3.63, 3.8) is 0 Å². The van der Waals surface area contributed by atoms with Crippen LogP contribution in [0.5, 0.6) is 5.75 Å². The molecule has 0 aliphatic rings. The molecular weight excluding hydrogens is 322 g/mol. The van der Waals surface area contributed by atoms with Crippen molar-refractivity contribution in [3.8, 4) is 5.75 Å². The molecule has 25 heavy (non-hydrogen) atoms. The molecule has 0 radical (unpaired) electrons. The van der Waals surface area contributed by atoms with Gasteiger partial charge >= 0.3 is 6.09 Å². The van der Waals surface area contributed by atoms with Crippen molar-refractivity contribution in [1.82, 2.24) is 10.3 Å². The fourth-order valence-electron chi connectivity index (χ4n) is 2.03. The van der Waals surface area contributed by atoms with E-state index in [0.717, 1.165) is 5.56 Å². The van der Waals surface area contributed by atoms with Gasteiger partial charge in [-0.2, -0.15) is 0 Å². The lowest BCUT2D eigenvalue weighted by atomic mass is 10.0. The van der Waals surface area contributed by atoms with Crippen LogP contribution in [0, 0.1) is 5.92 Å². The fraction of sp³-hybridized carbons (Fsp3) is 0.278.